The van der Waals surface area contributed by atoms with Gasteiger partial charge in [-0.15, -0.1) is 0 Å². The number of benzene rings is 1. The fourth-order valence-electron chi connectivity index (χ4n) is 3.43. The SMILES string of the molecule is Cc1nn(C)cc1C(=O)N1[C@H](C)Cc2cc(F)ccc2[C@@H]1C. The highest BCUT2D eigenvalue weighted by Gasteiger charge is 2.34. The second-order valence-electron chi connectivity index (χ2n) is 6.09. The number of aryl methyl sites for hydroxylation is 2. The van der Waals surface area contributed by atoms with Gasteiger partial charge in [0.2, 0.25) is 0 Å². The molecule has 0 fully saturated rings. The molecule has 4 nitrogen and oxygen atoms in total. The highest BCUT2D eigenvalue weighted by molar-refractivity contribution is 5.95. The summed E-state index contributed by atoms with van der Waals surface area (Å²) in [5, 5.41) is 4.25. The molecule has 1 amide bonds. The number of rotatable bonds is 1. The third-order valence-corrected chi connectivity index (χ3v) is 4.44. The van der Waals surface area contributed by atoms with Crippen molar-refractivity contribution in [3.8, 4) is 0 Å². The molecule has 1 aliphatic heterocycles. The molecular formula is C17H20FN3O. The molecule has 0 saturated carbocycles. The zero-order chi connectivity index (χ0) is 16.0. The van der Waals surface area contributed by atoms with Crippen molar-refractivity contribution in [3.63, 3.8) is 0 Å². The fourth-order valence-corrected chi connectivity index (χ4v) is 3.43. The van der Waals surface area contributed by atoms with Crippen LogP contribution in [-0.2, 0) is 13.5 Å². The first kappa shape index (κ1) is 14.8. The fraction of sp³-hybridized carbons (Fsp3) is 0.412. The summed E-state index contributed by atoms with van der Waals surface area (Å²) in [6.45, 7) is 5.85. The van der Waals surface area contributed by atoms with Crippen LogP contribution in [0.4, 0.5) is 4.39 Å². The van der Waals surface area contributed by atoms with Gasteiger partial charge in [-0.2, -0.15) is 5.10 Å². The van der Waals surface area contributed by atoms with Gasteiger partial charge in [0.1, 0.15) is 5.82 Å². The molecule has 5 heteroatoms. The van der Waals surface area contributed by atoms with Crippen LogP contribution < -0.4 is 0 Å². The van der Waals surface area contributed by atoms with Crippen LogP contribution in [0.5, 0.6) is 0 Å². The van der Waals surface area contributed by atoms with E-state index >= 15 is 0 Å². The van der Waals surface area contributed by atoms with Gasteiger partial charge in [0.15, 0.2) is 0 Å². The van der Waals surface area contributed by atoms with Crippen molar-refractivity contribution in [2.45, 2.75) is 39.3 Å². The summed E-state index contributed by atoms with van der Waals surface area (Å²) in [6, 6.07) is 4.78. The Balaban J connectivity index is 1.99. The molecule has 1 aliphatic rings. The Morgan fingerprint density at radius 2 is 2.09 bits per heavy atom. The normalized spacial score (nSPS) is 20.9. The van der Waals surface area contributed by atoms with Crippen molar-refractivity contribution < 1.29 is 9.18 Å². The summed E-state index contributed by atoms with van der Waals surface area (Å²) in [5.41, 5.74) is 3.38. The first-order valence-electron chi connectivity index (χ1n) is 7.49. The number of halogens is 1. The first-order valence-corrected chi connectivity index (χ1v) is 7.49. The lowest BCUT2D eigenvalue weighted by Crippen LogP contribution is -2.45. The summed E-state index contributed by atoms with van der Waals surface area (Å²) >= 11 is 0. The van der Waals surface area contributed by atoms with E-state index in [2.05, 4.69) is 5.10 Å². The molecule has 0 radical (unpaired) electrons. The molecule has 0 spiro atoms. The number of nitrogens with zero attached hydrogens (tertiary/aromatic N) is 3. The largest absolute Gasteiger partial charge is 0.329 e. The second-order valence-corrected chi connectivity index (χ2v) is 6.09. The summed E-state index contributed by atoms with van der Waals surface area (Å²) in [6.07, 6.45) is 2.43. The molecule has 116 valence electrons. The predicted octanol–water partition coefficient (Wildman–Crippen LogP) is 3.02. The quantitative estimate of drug-likeness (QED) is 0.812. The van der Waals surface area contributed by atoms with Crippen LogP contribution >= 0.6 is 0 Å². The number of carbonyl (C=O) groups excluding carboxylic acids is 1. The average molecular weight is 301 g/mol. The molecule has 0 N–H and O–H groups in total. The van der Waals surface area contributed by atoms with Crippen LogP contribution in [0.2, 0.25) is 0 Å². The van der Waals surface area contributed by atoms with E-state index in [1.165, 1.54) is 6.07 Å². The zero-order valence-corrected chi connectivity index (χ0v) is 13.3. The van der Waals surface area contributed by atoms with E-state index in [0.29, 0.717) is 12.0 Å². The molecule has 1 aromatic heterocycles. The highest BCUT2D eigenvalue weighted by Crippen LogP contribution is 2.34. The molecule has 0 aliphatic carbocycles. The zero-order valence-electron chi connectivity index (χ0n) is 13.3. The Hall–Kier alpha value is -2.17. The van der Waals surface area contributed by atoms with E-state index in [4.69, 9.17) is 0 Å². The van der Waals surface area contributed by atoms with Gasteiger partial charge in [-0.3, -0.25) is 9.48 Å². The maximum Gasteiger partial charge on any atom is 0.258 e. The standard InChI is InChI=1S/C17H20FN3O/c1-10-7-13-8-14(18)5-6-15(13)12(3)21(10)17(22)16-9-20(4)19-11(16)2/h5-6,8-10,12H,7H2,1-4H3/t10-,12+/m1/s1. The number of hydrogen-bond donors (Lipinski definition) is 0. The average Bonchev–Trinajstić information content (AvgIpc) is 2.77. The topological polar surface area (TPSA) is 38.1 Å². The van der Waals surface area contributed by atoms with Gasteiger partial charge in [-0.25, -0.2) is 4.39 Å². The maximum absolute atomic E-state index is 13.4. The van der Waals surface area contributed by atoms with Gasteiger partial charge in [0, 0.05) is 19.3 Å². The van der Waals surface area contributed by atoms with E-state index in [9.17, 15) is 9.18 Å². The third kappa shape index (κ3) is 2.30. The lowest BCUT2D eigenvalue weighted by Gasteiger charge is -2.40. The summed E-state index contributed by atoms with van der Waals surface area (Å²) in [4.78, 5) is 14.8. The van der Waals surface area contributed by atoms with Crippen LogP contribution in [0.15, 0.2) is 24.4 Å². The highest BCUT2D eigenvalue weighted by atomic mass is 19.1. The number of amides is 1. The summed E-state index contributed by atoms with van der Waals surface area (Å²) in [7, 11) is 1.81. The lowest BCUT2D eigenvalue weighted by molar-refractivity contribution is 0.0579. The molecule has 3 rings (SSSR count). The Morgan fingerprint density at radius 3 is 2.73 bits per heavy atom. The van der Waals surface area contributed by atoms with Crippen LogP contribution in [-0.4, -0.2) is 26.6 Å². The van der Waals surface area contributed by atoms with E-state index in [1.807, 2.05) is 32.7 Å². The smallest absolute Gasteiger partial charge is 0.258 e. The van der Waals surface area contributed by atoms with Crippen molar-refractivity contribution in [1.29, 1.82) is 0 Å². The monoisotopic (exact) mass is 301 g/mol. The second kappa shape index (κ2) is 5.23. The minimum atomic E-state index is -0.221. The van der Waals surface area contributed by atoms with E-state index < -0.39 is 0 Å². The molecule has 2 aromatic rings. The molecule has 0 saturated heterocycles. The molecule has 0 bridgehead atoms. The number of fused-ring (bicyclic) bond motifs is 1. The van der Waals surface area contributed by atoms with Crippen molar-refractivity contribution in [2.24, 2.45) is 7.05 Å². The molecule has 2 atom stereocenters. The van der Waals surface area contributed by atoms with Crippen LogP contribution in [0.25, 0.3) is 0 Å². The van der Waals surface area contributed by atoms with Crippen LogP contribution in [0, 0.1) is 12.7 Å². The minimum absolute atomic E-state index is 0.0134. The van der Waals surface area contributed by atoms with E-state index in [0.717, 1.165) is 16.8 Å². The number of hydrogen-bond acceptors (Lipinski definition) is 2. The lowest BCUT2D eigenvalue weighted by atomic mass is 9.89. The Labute approximate surface area is 129 Å². The van der Waals surface area contributed by atoms with Gasteiger partial charge in [0.05, 0.1) is 17.3 Å². The van der Waals surface area contributed by atoms with Crippen molar-refractivity contribution in [2.75, 3.05) is 0 Å². The first-order chi connectivity index (χ1) is 10.4. The van der Waals surface area contributed by atoms with E-state index in [-0.39, 0.29) is 23.8 Å². The van der Waals surface area contributed by atoms with E-state index in [1.54, 1.807) is 23.0 Å². The Morgan fingerprint density at radius 1 is 1.36 bits per heavy atom. The Kier molecular flexibility index (Phi) is 3.51. The predicted molar refractivity (Wildman–Crippen MR) is 82.1 cm³/mol. The van der Waals surface area contributed by atoms with Gasteiger partial charge < -0.3 is 4.90 Å². The molecular weight excluding hydrogens is 281 g/mol. The van der Waals surface area contributed by atoms with Crippen molar-refractivity contribution >= 4 is 5.91 Å². The summed E-state index contributed by atoms with van der Waals surface area (Å²) in [5.74, 6) is -0.235. The molecule has 1 aromatic carbocycles. The summed E-state index contributed by atoms with van der Waals surface area (Å²) < 4.78 is 15.1. The third-order valence-electron chi connectivity index (χ3n) is 4.44. The maximum atomic E-state index is 13.4. The van der Waals surface area contributed by atoms with Gasteiger partial charge >= 0.3 is 0 Å². The van der Waals surface area contributed by atoms with Crippen molar-refractivity contribution in [3.05, 3.63) is 52.6 Å². The van der Waals surface area contributed by atoms with Crippen LogP contribution in [0.3, 0.4) is 0 Å². The Bertz CT molecular complexity index is 738. The molecule has 0 unspecified atom stereocenters. The van der Waals surface area contributed by atoms with Gasteiger partial charge in [-0.05, 0) is 50.5 Å². The molecule has 2 heterocycles. The van der Waals surface area contributed by atoms with Gasteiger partial charge in [0.25, 0.3) is 5.91 Å². The van der Waals surface area contributed by atoms with Crippen molar-refractivity contribution in [1.82, 2.24) is 14.7 Å². The number of carbonyl (C=O) groups is 1. The van der Waals surface area contributed by atoms with Gasteiger partial charge in [-0.1, -0.05) is 6.07 Å². The molecule has 22 heavy (non-hydrogen) atoms. The minimum Gasteiger partial charge on any atom is -0.329 e. The van der Waals surface area contributed by atoms with Crippen LogP contribution in [0.1, 0.15) is 47.1 Å². The number of aromatic nitrogens is 2.